The number of aliphatic carboxylic acids is 1. The van der Waals surface area contributed by atoms with Crippen LogP contribution in [0.3, 0.4) is 0 Å². The number of tetrazole rings is 1. The van der Waals surface area contributed by atoms with E-state index in [1.54, 1.807) is 26.0 Å². The molecule has 1 aromatic heterocycles. The van der Waals surface area contributed by atoms with Crippen LogP contribution in [0.15, 0.2) is 24.3 Å². The minimum absolute atomic E-state index is 0.278. The second kappa shape index (κ2) is 5.99. The van der Waals surface area contributed by atoms with Gasteiger partial charge in [0.25, 0.3) is 0 Å². The molecular weight excluding hydrogens is 275 g/mol. The molecule has 1 heterocycles. The Morgan fingerprint density at radius 2 is 2.10 bits per heavy atom. The SMILES string of the molecule is CCC(CC)(C(=O)O)n1nnnc1Cc1cccc(F)c1. The van der Waals surface area contributed by atoms with Gasteiger partial charge < -0.3 is 5.11 Å². The third kappa shape index (κ3) is 2.76. The quantitative estimate of drug-likeness (QED) is 0.880. The number of carboxylic acids is 1. The number of rotatable bonds is 6. The van der Waals surface area contributed by atoms with Gasteiger partial charge in [-0.2, -0.15) is 0 Å². The molecular formula is C14H17FN4O2. The monoisotopic (exact) mass is 292 g/mol. The van der Waals surface area contributed by atoms with Gasteiger partial charge in [-0.25, -0.2) is 13.9 Å². The minimum atomic E-state index is -1.17. The van der Waals surface area contributed by atoms with E-state index in [9.17, 15) is 14.3 Å². The molecule has 0 saturated heterocycles. The lowest BCUT2D eigenvalue weighted by Crippen LogP contribution is -2.42. The second-order valence-electron chi connectivity index (χ2n) is 4.86. The lowest BCUT2D eigenvalue weighted by atomic mass is 9.93. The number of benzene rings is 1. The molecule has 0 aliphatic rings. The van der Waals surface area contributed by atoms with E-state index >= 15 is 0 Å². The third-order valence-electron chi connectivity index (χ3n) is 3.76. The van der Waals surface area contributed by atoms with Crippen LogP contribution < -0.4 is 0 Å². The maximum absolute atomic E-state index is 13.2. The summed E-state index contributed by atoms with van der Waals surface area (Å²) < 4.78 is 14.6. The van der Waals surface area contributed by atoms with Crippen LogP contribution in [-0.2, 0) is 16.8 Å². The average molecular weight is 292 g/mol. The van der Waals surface area contributed by atoms with Crippen molar-refractivity contribution in [1.29, 1.82) is 0 Å². The zero-order valence-electron chi connectivity index (χ0n) is 12.0. The number of hydrogen-bond acceptors (Lipinski definition) is 4. The Bertz CT molecular complexity index is 637. The summed E-state index contributed by atoms with van der Waals surface area (Å²) in [6.45, 7) is 3.57. The van der Waals surface area contributed by atoms with Gasteiger partial charge in [-0.05, 0) is 41.0 Å². The third-order valence-corrected chi connectivity index (χ3v) is 3.76. The lowest BCUT2D eigenvalue weighted by molar-refractivity contribution is -0.148. The number of halogens is 1. The Kier molecular flexibility index (Phi) is 4.30. The first kappa shape index (κ1) is 15.1. The minimum Gasteiger partial charge on any atom is -0.479 e. The zero-order valence-corrected chi connectivity index (χ0v) is 12.0. The highest BCUT2D eigenvalue weighted by Crippen LogP contribution is 2.26. The van der Waals surface area contributed by atoms with Crippen molar-refractivity contribution in [3.05, 3.63) is 41.5 Å². The van der Waals surface area contributed by atoms with E-state index in [0.717, 1.165) is 0 Å². The Balaban J connectivity index is 2.40. The summed E-state index contributed by atoms with van der Waals surface area (Å²) in [5.74, 6) is -0.908. The molecule has 2 rings (SSSR count). The normalized spacial score (nSPS) is 11.6. The fourth-order valence-electron chi connectivity index (χ4n) is 2.42. The van der Waals surface area contributed by atoms with Gasteiger partial charge in [0.05, 0.1) is 0 Å². The average Bonchev–Trinajstić information content (AvgIpc) is 2.89. The number of hydrogen-bond donors (Lipinski definition) is 1. The topological polar surface area (TPSA) is 80.9 Å². The molecule has 2 aromatic rings. The van der Waals surface area contributed by atoms with Crippen molar-refractivity contribution in [2.24, 2.45) is 0 Å². The van der Waals surface area contributed by atoms with E-state index in [4.69, 9.17) is 0 Å². The van der Waals surface area contributed by atoms with Crippen LogP contribution in [0.4, 0.5) is 4.39 Å². The lowest BCUT2D eigenvalue weighted by Gasteiger charge is -2.27. The van der Waals surface area contributed by atoms with Crippen molar-refractivity contribution in [3.63, 3.8) is 0 Å². The highest BCUT2D eigenvalue weighted by atomic mass is 19.1. The maximum atomic E-state index is 13.2. The Hall–Kier alpha value is -2.31. The highest BCUT2D eigenvalue weighted by Gasteiger charge is 2.40. The van der Waals surface area contributed by atoms with Crippen molar-refractivity contribution < 1.29 is 14.3 Å². The van der Waals surface area contributed by atoms with E-state index < -0.39 is 11.5 Å². The number of carboxylic acid groups (broad SMARTS) is 1. The summed E-state index contributed by atoms with van der Waals surface area (Å²) in [4.78, 5) is 11.7. The molecule has 0 radical (unpaired) electrons. The molecule has 21 heavy (non-hydrogen) atoms. The first-order valence-corrected chi connectivity index (χ1v) is 6.79. The molecule has 0 bridgehead atoms. The van der Waals surface area contributed by atoms with Crippen LogP contribution in [0.2, 0.25) is 0 Å². The van der Waals surface area contributed by atoms with Gasteiger partial charge in [0.2, 0.25) is 0 Å². The van der Waals surface area contributed by atoms with Crippen LogP contribution in [0.25, 0.3) is 0 Å². The van der Waals surface area contributed by atoms with E-state index in [0.29, 0.717) is 24.2 Å². The summed E-state index contributed by atoms with van der Waals surface area (Å²) in [7, 11) is 0. The van der Waals surface area contributed by atoms with Crippen molar-refractivity contribution in [3.8, 4) is 0 Å². The molecule has 0 atom stereocenters. The van der Waals surface area contributed by atoms with Crippen molar-refractivity contribution >= 4 is 5.97 Å². The highest BCUT2D eigenvalue weighted by molar-refractivity contribution is 5.76. The molecule has 1 aromatic carbocycles. The van der Waals surface area contributed by atoms with Gasteiger partial charge in [-0.1, -0.05) is 26.0 Å². The fourth-order valence-corrected chi connectivity index (χ4v) is 2.42. The van der Waals surface area contributed by atoms with Crippen molar-refractivity contribution in [2.45, 2.75) is 38.6 Å². The van der Waals surface area contributed by atoms with Gasteiger partial charge in [-0.15, -0.1) is 5.10 Å². The Morgan fingerprint density at radius 3 is 2.67 bits per heavy atom. The molecule has 6 nitrogen and oxygen atoms in total. The molecule has 7 heteroatoms. The summed E-state index contributed by atoms with van der Waals surface area (Å²) in [6.07, 6.45) is 1.000. The number of carbonyl (C=O) groups is 1. The van der Waals surface area contributed by atoms with E-state index in [-0.39, 0.29) is 12.2 Å². The van der Waals surface area contributed by atoms with E-state index in [1.165, 1.54) is 16.8 Å². The first-order chi connectivity index (χ1) is 10.0. The molecule has 0 spiro atoms. The first-order valence-electron chi connectivity index (χ1n) is 6.79. The molecule has 0 amide bonds. The summed E-state index contributed by atoms with van der Waals surface area (Å²) in [6, 6.07) is 6.09. The maximum Gasteiger partial charge on any atom is 0.331 e. The van der Waals surface area contributed by atoms with Gasteiger partial charge >= 0.3 is 5.97 Å². The molecule has 0 aliphatic carbocycles. The predicted octanol–water partition coefficient (Wildman–Crippen LogP) is 2.00. The van der Waals surface area contributed by atoms with Gasteiger partial charge in [0.1, 0.15) is 5.82 Å². The van der Waals surface area contributed by atoms with Crippen LogP contribution in [0.5, 0.6) is 0 Å². The van der Waals surface area contributed by atoms with Crippen molar-refractivity contribution in [1.82, 2.24) is 20.2 Å². The van der Waals surface area contributed by atoms with Gasteiger partial charge in [0.15, 0.2) is 11.4 Å². The summed E-state index contributed by atoms with van der Waals surface area (Å²) >= 11 is 0. The van der Waals surface area contributed by atoms with Crippen LogP contribution in [-0.4, -0.2) is 31.3 Å². The molecule has 0 saturated carbocycles. The Morgan fingerprint density at radius 1 is 1.38 bits per heavy atom. The second-order valence-corrected chi connectivity index (χ2v) is 4.86. The zero-order chi connectivity index (χ0) is 15.5. The van der Waals surface area contributed by atoms with E-state index in [2.05, 4.69) is 15.5 Å². The molecule has 1 N–H and O–H groups in total. The van der Waals surface area contributed by atoms with Gasteiger partial charge in [-0.3, -0.25) is 0 Å². The van der Waals surface area contributed by atoms with Crippen LogP contribution in [0, 0.1) is 5.82 Å². The number of nitrogens with zero attached hydrogens (tertiary/aromatic N) is 4. The largest absolute Gasteiger partial charge is 0.479 e. The molecule has 0 fully saturated rings. The molecule has 0 unspecified atom stereocenters. The predicted molar refractivity (Wildman–Crippen MR) is 73.2 cm³/mol. The Labute approximate surface area is 121 Å². The summed E-state index contributed by atoms with van der Waals surface area (Å²) in [5.41, 5.74) is -0.482. The molecule has 0 aliphatic heterocycles. The number of aromatic nitrogens is 4. The van der Waals surface area contributed by atoms with E-state index in [1.807, 2.05) is 0 Å². The van der Waals surface area contributed by atoms with Crippen LogP contribution >= 0.6 is 0 Å². The van der Waals surface area contributed by atoms with Crippen LogP contribution in [0.1, 0.15) is 38.1 Å². The molecule has 112 valence electrons. The van der Waals surface area contributed by atoms with Crippen molar-refractivity contribution in [2.75, 3.05) is 0 Å². The van der Waals surface area contributed by atoms with Gasteiger partial charge in [0, 0.05) is 6.42 Å². The smallest absolute Gasteiger partial charge is 0.331 e. The standard InChI is InChI=1S/C14H17FN4O2/c1-3-14(4-2,13(20)21)19-12(16-17-18-19)9-10-6-5-7-11(15)8-10/h5-8H,3-4,9H2,1-2H3,(H,20,21). The summed E-state index contributed by atoms with van der Waals surface area (Å²) in [5, 5.41) is 20.9. The fraction of sp³-hybridized carbons (Fsp3) is 0.429.